The third-order valence-corrected chi connectivity index (χ3v) is 11.5. The number of aromatic nitrogens is 4. The molecule has 2 amide bonds. The Labute approximate surface area is 270 Å². The van der Waals surface area contributed by atoms with Crippen molar-refractivity contribution in [2.24, 2.45) is 23.5 Å². The highest BCUT2D eigenvalue weighted by molar-refractivity contribution is 7.11. The van der Waals surface area contributed by atoms with Gasteiger partial charge in [-0.25, -0.2) is 4.98 Å². The summed E-state index contributed by atoms with van der Waals surface area (Å²) in [5, 5.41) is 1.19. The first-order valence-electron chi connectivity index (χ1n) is 16.4. The number of amides is 2. The Hall–Kier alpha value is -4.22. The molecule has 2 N–H and O–H groups in total. The maximum absolute atomic E-state index is 13.9. The second kappa shape index (κ2) is 10.7. The summed E-state index contributed by atoms with van der Waals surface area (Å²) in [5.41, 5.74) is 12.6. The van der Waals surface area contributed by atoms with E-state index in [1.807, 2.05) is 21.9 Å². The zero-order chi connectivity index (χ0) is 31.1. The van der Waals surface area contributed by atoms with Crippen molar-refractivity contribution in [2.75, 3.05) is 26.7 Å². The van der Waals surface area contributed by atoms with Gasteiger partial charge in [-0.05, 0) is 61.8 Å². The first-order chi connectivity index (χ1) is 22.5. The van der Waals surface area contributed by atoms with E-state index in [1.54, 1.807) is 18.8 Å². The standard InChI is InChI=1S/C35H37N7O3S/c1-45-29-12-24(34(43)41-18-23-8-9-27(41)31(23)36)10-25-32(29)42(17-21-14-39(15-21)35(44)30-13-37-19-46-30)33(38-25)28-11-22-4-2-3-5-26(22)40(28)16-20-6-7-20/h2-5,10-13,19-21,23,27,31H,6-9,14-18,36H2,1H3/t23?,27?,31-/m1/s1. The van der Waals surface area contributed by atoms with E-state index in [0.29, 0.717) is 54.2 Å². The molecule has 2 saturated carbocycles. The zero-order valence-electron chi connectivity index (χ0n) is 25.8. The van der Waals surface area contributed by atoms with Crippen molar-refractivity contribution in [3.8, 4) is 17.3 Å². The molecule has 5 heterocycles. The second-order valence-corrected chi connectivity index (χ2v) is 14.5. The number of imidazole rings is 1. The van der Waals surface area contributed by atoms with Gasteiger partial charge in [-0.2, -0.15) is 0 Å². The largest absolute Gasteiger partial charge is 0.494 e. The summed E-state index contributed by atoms with van der Waals surface area (Å²) in [5.74, 6) is 2.84. The third-order valence-electron chi connectivity index (χ3n) is 10.7. The van der Waals surface area contributed by atoms with Gasteiger partial charge in [0.1, 0.15) is 16.1 Å². The summed E-state index contributed by atoms with van der Waals surface area (Å²) in [7, 11) is 1.66. The molecule has 2 aliphatic carbocycles. The number of thiazole rings is 1. The molecule has 46 heavy (non-hydrogen) atoms. The van der Waals surface area contributed by atoms with Crippen molar-refractivity contribution in [3.05, 3.63) is 64.6 Å². The van der Waals surface area contributed by atoms with Crippen LogP contribution in [0.5, 0.6) is 5.75 Å². The molecule has 10 nitrogen and oxygen atoms in total. The minimum absolute atomic E-state index is 0.00184. The monoisotopic (exact) mass is 635 g/mol. The number of likely N-dealkylation sites (tertiary alicyclic amines) is 2. The lowest BCUT2D eigenvalue weighted by molar-refractivity contribution is 0.0476. The van der Waals surface area contributed by atoms with Crippen LogP contribution in [0.25, 0.3) is 33.5 Å². The van der Waals surface area contributed by atoms with Gasteiger partial charge < -0.3 is 29.4 Å². The quantitative estimate of drug-likeness (QED) is 0.261. The summed E-state index contributed by atoms with van der Waals surface area (Å²) >= 11 is 1.38. The molecular weight excluding hydrogens is 598 g/mol. The molecular formula is C35H37N7O3S. The number of ether oxygens (including phenoxy) is 1. The molecule has 0 radical (unpaired) electrons. The van der Waals surface area contributed by atoms with Gasteiger partial charge in [0.25, 0.3) is 11.8 Å². The molecule has 4 aliphatic rings. The average Bonchev–Trinajstić information content (AvgIpc) is 3.44. The van der Waals surface area contributed by atoms with Crippen LogP contribution in [-0.2, 0) is 13.1 Å². The molecule has 2 aromatic carbocycles. The molecule has 2 bridgehead atoms. The van der Waals surface area contributed by atoms with Crippen molar-refractivity contribution < 1.29 is 14.3 Å². The van der Waals surface area contributed by atoms with Crippen molar-refractivity contribution in [2.45, 2.75) is 50.9 Å². The number of benzene rings is 2. The van der Waals surface area contributed by atoms with E-state index >= 15 is 0 Å². The van der Waals surface area contributed by atoms with Crippen LogP contribution in [0, 0.1) is 17.8 Å². The fourth-order valence-corrected chi connectivity index (χ4v) is 8.65. The first-order valence-corrected chi connectivity index (χ1v) is 17.3. The molecule has 2 unspecified atom stereocenters. The maximum atomic E-state index is 13.9. The maximum Gasteiger partial charge on any atom is 0.265 e. The van der Waals surface area contributed by atoms with Crippen molar-refractivity contribution >= 4 is 45.1 Å². The van der Waals surface area contributed by atoms with Gasteiger partial charge in [-0.3, -0.25) is 14.6 Å². The Morgan fingerprint density at radius 2 is 1.80 bits per heavy atom. The highest BCUT2D eigenvalue weighted by Crippen LogP contribution is 2.41. The topological polar surface area (TPSA) is 112 Å². The van der Waals surface area contributed by atoms with Crippen LogP contribution in [0.2, 0.25) is 0 Å². The second-order valence-electron chi connectivity index (χ2n) is 13.6. The van der Waals surface area contributed by atoms with Crippen LogP contribution in [0.15, 0.2) is 54.2 Å². The predicted molar refractivity (Wildman–Crippen MR) is 177 cm³/mol. The lowest BCUT2D eigenvalue weighted by atomic mass is 9.99. The van der Waals surface area contributed by atoms with Crippen LogP contribution >= 0.6 is 11.3 Å². The number of methoxy groups -OCH3 is 1. The van der Waals surface area contributed by atoms with Crippen LogP contribution in [0.1, 0.15) is 45.7 Å². The fourth-order valence-electron chi connectivity index (χ4n) is 8.07. The minimum Gasteiger partial charge on any atom is -0.494 e. The van der Waals surface area contributed by atoms with Gasteiger partial charge in [-0.1, -0.05) is 18.2 Å². The lowest BCUT2D eigenvalue weighted by Gasteiger charge is -2.39. The van der Waals surface area contributed by atoms with Gasteiger partial charge in [0.15, 0.2) is 5.82 Å². The number of rotatable bonds is 8. The van der Waals surface area contributed by atoms with E-state index in [2.05, 4.69) is 44.5 Å². The van der Waals surface area contributed by atoms with Crippen molar-refractivity contribution in [3.63, 3.8) is 0 Å². The summed E-state index contributed by atoms with van der Waals surface area (Å²) in [4.78, 5) is 40.8. The van der Waals surface area contributed by atoms with Crippen LogP contribution in [0.4, 0.5) is 0 Å². The number of carbonyl (C=O) groups is 2. The molecule has 236 valence electrons. The highest BCUT2D eigenvalue weighted by Gasteiger charge is 2.47. The van der Waals surface area contributed by atoms with Gasteiger partial charge in [0.2, 0.25) is 0 Å². The first kappa shape index (κ1) is 28.0. The zero-order valence-corrected chi connectivity index (χ0v) is 26.7. The Bertz CT molecular complexity index is 1990. The normalized spacial score (nSPS) is 22.7. The molecule has 2 aliphatic heterocycles. The summed E-state index contributed by atoms with van der Waals surface area (Å²) in [6, 6.07) is 14.7. The number of piperidine rings is 1. The molecule has 11 heteroatoms. The van der Waals surface area contributed by atoms with E-state index in [-0.39, 0.29) is 29.8 Å². The van der Waals surface area contributed by atoms with Gasteiger partial charge >= 0.3 is 0 Å². The van der Waals surface area contributed by atoms with Crippen LogP contribution in [0.3, 0.4) is 0 Å². The van der Waals surface area contributed by atoms with E-state index < -0.39 is 0 Å². The number of carbonyl (C=O) groups excluding carboxylic acids is 2. The molecule has 3 aromatic heterocycles. The van der Waals surface area contributed by atoms with Crippen molar-refractivity contribution in [1.82, 2.24) is 28.9 Å². The van der Waals surface area contributed by atoms with E-state index in [1.165, 1.54) is 35.1 Å². The minimum atomic E-state index is -0.00184. The molecule has 3 atom stereocenters. The van der Waals surface area contributed by atoms with Crippen molar-refractivity contribution in [1.29, 1.82) is 0 Å². The summed E-state index contributed by atoms with van der Waals surface area (Å²) < 4.78 is 10.7. The fraction of sp³-hybridized carbons (Fsp3) is 0.429. The van der Waals surface area contributed by atoms with E-state index in [9.17, 15) is 9.59 Å². The Kier molecular flexibility index (Phi) is 6.50. The van der Waals surface area contributed by atoms with E-state index in [0.717, 1.165) is 41.9 Å². The number of fused-ring (bicyclic) bond motifs is 4. The molecule has 0 spiro atoms. The number of hydrogen-bond acceptors (Lipinski definition) is 7. The third kappa shape index (κ3) is 4.46. The van der Waals surface area contributed by atoms with Gasteiger partial charge in [-0.15, -0.1) is 11.3 Å². The van der Waals surface area contributed by atoms with Gasteiger partial charge in [0.05, 0.1) is 30.0 Å². The number of nitrogens with two attached hydrogens (primary N) is 1. The van der Waals surface area contributed by atoms with Crippen LogP contribution in [-0.4, -0.2) is 79.5 Å². The van der Waals surface area contributed by atoms with Crippen LogP contribution < -0.4 is 10.5 Å². The SMILES string of the molecule is COc1cc(C(=O)N2CC3CCC2[C@@H]3N)cc2nc(-c3cc4ccccc4n3CC3CC3)n(CC3CN(C(=O)c4cncs4)C3)c12. The predicted octanol–water partition coefficient (Wildman–Crippen LogP) is 4.87. The molecule has 9 rings (SSSR count). The Balaban J connectivity index is 1.13. The smallest absolute Gasteiger partial charge is 0.265 e. The van der Waals surface area contributed by atoms with Gasteiger partial charge in [0, 0.05) is 67.2 Å². The van der Waals surface area contributed by atoms with E-state index in [4.69, 9.17) is 15.5 Å². The molecule has 4 fully saturated rings. The number of nitrogens with zero attached hydrogens (tertiary/aromatic N) is 6. The summed E-state index contributed by atoms with van der Waals surface area (Å²) in [6.45, 7) is 3.67. The highest BCUT2D eigenvalue weighted by atomic mass is 32.1. The Morgan fingerprint density at radius 3 is 2.52 bits per heavy atom. The molecule has 2 saturated heterocycles. The Morgan fingerprint density at radius 1 is 0.978 bits per heavy atom. The number of hydrogen-bond donors (Lipinski definition) is 1. The summed E-state index contributed by atoms with van der Waals surface area (Å²) in [6.07, 6.45) is 6.19. The average molecular weight is 636 g/mol. The molecule has 5 aromatic rings. The number of para-hydroxylation sites is 1. The lowest BCUT2D eigenvalue weighted by Crippen LogP contribution is -2.51.